The fourth-order valence-corrected chi connectivity index (χ4v) is 6.07. The summed E-state index contributed by atoms with van der Waals surface area (Å²) in [6.45, 7) is 2.47. The minimum absolute atomic E-state index is 0.0313. The zero-order valence-corrected chi connectivity index (χ0v) is 18.9. The summed E-state index contributed by atoms with van der Waals surface area (Å²) in [6, 6.07) is 20.3. The Morgan fingerprint density at radius 1 is 0.939 bits per heavy atom. The second-order valence-electron chi connectivity index (χ2n) is 8.29. The molecule has 0 saturated heterocycles. The maximum absolute atomic E-state index is 13.7. The number of rotatable bonds is 3. The summed E-state index contributed by atoms with van der Waals surface area (Å²) >= 11 is 0. The van der Waals surface area contributed by atoms with E-state index in [-0.39, 0.29) is 16.5 Å². The quantitative estimate of drug-likeness (QED) is 0.503. The molecule has 1 N–H and O–H groups in total. The Bertz CT molecular complexity index is 1590. The van der Waals surface area contributed by atoms with Crippen LogP contribution in [-0.2, 0) is 10.0 Å². The molecule has 1 unspecified atom stereocenters. The van der Waals surface area contributed by atoms with Crippen LogP contribution in [0.1, 0.15) is 31.2 Å². The largest absolute Gasteiger partial charge is 0.333 e. The van der Waals surface area contributed by atoms with E-state index in [0.717, 1.165) is 23.0 Å². The molecule has 7 nitrogen and oxygen atoms in total. The first-order valence-electron chi connectivity index (χ1n) is 10.8. The molecule has 1 atom stereocenters. The van der Waals surface area contributed by atoms with Gasteiger partial charge < -0.3 is 4.98 Å². The van der Waals surface area contributed by atoms with Crippen molar-refractivity contribution >= 4 is 26.6 Å². The van der Waals surface area contributed by atoms with E-state index >= 15 is 0 Å². The van der Waals surface area contributed by atoms with Crippen molar-refractivity contribution < 1.29 is 8.42 Å². The van der Waals surface area contributed by atoms with Crippen LogP contribution in [0.15, 0.2) is 87.3 Å². The van der Waals surface area contributed by atoms with E-state index in [9.17, 15) is 18.0 Å². The Morgan fingerprint density at radius 2 is 1.70 bits per heavy atom. The van der Waals surface area contributed by atoms with Crippen molar-refractivity contribution in [1.82, 2.24) is 9.55 Å². The molecule has 1 aliphatic rings. The van der Waals surface area contributed by atoms with E-state index in [4.69, 9.17) is 0 Å². The molecule has 5 rings (SSSR count). The number of H-pyrrole nitrogens is 1. The van der Waals surface area contributed by atoms with Crippen molar-refractivity contribution in [3.63, 3.8) is 0 Å². The lowest BCUT2D eigenvalue weighted by Crippen LogP contribution is -2.34. The van der Waals surface area contributed by atoms with Gasteiger partial charge in [0.05, 0.1) is 27.2 Å². The number of nitrogens with zero attached hydrogens (tertiary/aromatic N) is 2. The van der Waals surface area contributed by atoms with Crippen LogP contribution in [0.3, 0.4) is 0 Å². The standard InChI is InChI=1S/C25H23N3O4S/c1-17-8-7-15-27(23-14-5-3-11-20(17)23)33(31,32)19-10-6-9-18(16-19)28-24(29)21-12-2-4-13-22(21)26-25(28)30/h2-6,9-14,16-17H,7-8,15H2,1H3,(H,26,30). The highest BCUT2D eigenvalue weighted by Gasteiger charge is 2.30. The van der Waals surface area contributed by atoms with Gasteiger partial charge in [-0.05, 0) is 60.7 Å². The van der Waals surface area contributed by atoms with Crippen LogP contribution in [0.2, 0.25) is 0 Å². The fraction of sp³-hybridized carbons (Fsp3) is 0.200. The molecule has 8 heteroatoms. The molecule has 0 amide bonds. The Balaban J connectivity index is 1.65. The van der Waals surface area contributed by atoms with Crippen LogP contribution in [0.5, 0.6) is 0 Å². The minimum atomic E-state index is -3.92. The molecule has 1 aliphatic heterocycles. The molecule has 3 aromatic carbocycles. The van der Waals surface area contributed by atoms with Gasteiger partial charge in [0, 0.05) is 6.54 Å². The summed E-state index contributed by atoms with van der Waals surface area (Å²) in [4.78, 5) is 28.5. The molecular weight excluding hydrogens is 438 g/mol. The molecule has 0 fully saturated rings. The van der Waals surface area contributed by atoms with E-state index < -0.39 is 21.3 Å². The topological polar surface area (TPSA) is 92.2 Å². The smallest absolute Gasteiger partial charge is 0.306 e. The Kier molecular flexibility index (Phi) is 5.17. The number of fused-ring (bicyclic) bond motifs is 2. The number of aromatic nitrogens is 2. The van der Waals surface area contributed by atoms with Gasteiger partial charge in [0.25, 0.3) is 15.6 Å². The number of anilines is 1. The number of aromatic amines is 1. The summed E-state index contributed by atoms with van der Waals surface area (Å²) in [5.74, 6) is 0.252. The first kappa shape index (κ1) is 21.2. The number of hydrogen-bond donors (Lipinski definition) is 1. The molecule has 1 aromatic heterocycles. The molecule has 4 aromatic rings. The zero-order valence-electron chi connectivity index (χ0n) is 18.1. The van der Waals surface area contributed by atoms with Crippen LogP contribution in [0, 0.1) is 0 Å². The molecule has 0 radical (unpaired) electrons. The Hall–Kier alpha value is -3.65. The highest BCUT2D eigenvalue weighted by Crippen LogP contribution is 2.36. The predicted octanol–water partition coefficient (Wildman–Crippen LogP) is 3.77. The van der Waals surface area contributed by atoms with Gasteiger partial charge in [0.15, 0.2) is 0 Å². The van der Waals surface area contributed by atoms with Crippen LogP contribution < -0.4 is 15.6 Å². The Morgan fingerprint density at radius 3 is 2.55 bits per heavy atom. The highest BCUT2D eigenvalue weighted by molar-refractivity contribution is 7.92. The van der Waals surface area contributed by atoms with E-state index in [1.54, 1.807) is 36.4 Å². The Labute approximate surface area is 191 Å². The number of para-hydroxylation sites is 2. The van der Waals surface area contributed by atoms with Crippen molar-refractivity contribution in [3.05, 3.63) is 99.2 Å². The zero-order chi connectivity index (χ0) is 23.2. The van der Waals surface area contributed by atoms with Crippen LogP contribution in [-0.4, -0.2) is 24.5 Å². The van der Waals surface area contributed by atoms with Gasteiger partial charge in [-0.3, -0.25) is 9.10 Å². The lowest BCUT2D eigenvalue weighted by atomic mass is 9.96. The maximum atomic E-state index is 13.7. The summed E-state index contributed by atoms with van der Waals surface area (Å²) in [6.07, 6.45) is 1.63. The summed E-state index contributed by atoms with van der Waals surface area (Å²) in [7, 11) is -3.92. The van der Waals surface area contributed by atoms with Gasteiger partial charge in [0.1, 0.15) is 0 Å². The summed E-state index contributed by atoms with van der Waals surface area (Å²) in [5, 5.41) is 0.348. The van der Waals surface area contributed by atoms with Crippen LogP contribution >= 0.6 is 0 Å². The fourth-order valence-electron chi connectivity index (χ4n) is 4.51. The second-order valence-corrected chi connectivity index (χ2v) is 10.2. The van der Waals surface area contributed by atoms with E-state index in [2.05, 4.69) is 11.9 Å². The van der Waals surface area contributed by atoms with Crippen LogP contribution in [0.25, 0.3) is 16.6 Å². The predicted molar refractivity (Wildman–Crippen MR) is 129 cm³/mol. The monoisotopic (exact) mass is 461 g/mol. The minimum Gasteiger partial charge on any atom is -0.306 e. The van der Waals surface area contributed by atoms with Gasteiger partial charge in [-0.15, -0.1) is 0 Å². The number of hydrogen-bond acceptors (Lipinski definition) is 4. The van der Waals surface area contributed by atoms with E-state index in [0.29, 0.717) is 23.1 Å². The van der Waals surface area contributed by atoms with Crippen LogP contribution in [0.4, 0.5) is 5.69 Å². The lowest BCUT2D eigenvalue weighted by Gasteiger charge is -2.25. The second kappa shape index (κ2) is 8.04. The van der Waals surface area contributed by atoms with Crippen molar-refractivity contribution in [3.8, 4) is 5.69 Å². The number of sulfonamides is 1. The van der Waals surface area contributed by atoms with Gasteiger partial charge in [-0.25, -0.2) is 17.8 Å². The maximum Gasteiger partial charge on any atom is 0.333 e. The van der Waals surface area contributed by atoms with E-state index in [1.807, 2.05) is 24.3 Å². The average Bonchev–Trinajstić information content (AvgIpc) is 2.99. The third-order valence-corrected chi connectivity index (χ3v) is 8.01. The van der Waals surface area contributed by atoms with Crippen molar-refractivity contribution in [2.24, 2.45) is 0 Å². The summed E-state index contributed by atoms with van der Waals surface area (Å²) < 4.78 is 29.9. The third-order valence-electron chi connectivity index (χ3n) is 6.20. The van der Waals surface area contributed by atoms with Crippen molar-refractivity contribution in [1.29, 1.82) is 0 Å². The summed E-state index contributed by atoms with van der Waals surface area (Å²) in [5.41, 5.74) is 1.18. The number of nitrogens with one attached hydrogen (secondary N) is 1. The van der Waals surface area contributed by atoms with Crippen molar-refractivity contribution in [2.75, 3.05) is 10.8 Å². The molecule has 0 saturated carbocycles. The molecular formula is C25H23N3O4S. The van der Waals surface area contributed by atoms with Gasteiger partial charge in [-0.1, -0.05) is 43.3 Å². The normalized spacial score (nSPS) is 16.4. The lowest BCUT2D eigenvalue weighted by molar-refractivity contribution is 0.587. The molecule has 2 heterocycles. The molecule has 168 valence electrons. The third kappa shape index (κ3) is 3.56. The van der Waals surface area contributed by atoms with Crippen molar-refractivity contribution in [2.45, 2.75) is 30.6 Å². The van der Waals surface area contributed by atoms with Gasteiger partial charge in [-0.2, -0.15) is 0 Å². The SMILES string of the molecule is CC1CCCN(S(=O)(=O)c2cccc(-n3c(=O)[nH]c4ccccc4c3=O)c2)c2ccccc21. The number of benzene rings is 3. The average molecular weight is 462 g/mol. The van der Waals surface area contributed by atoms with Gasteiger partial charge in [0.2, 0.25) is 0 Å². The molecule has 0 bridgehead atoms. The first-order chi connectivity index (χ1) is 15.9. The first-order valence-corrected chi connectivity index (χ1v) is 12.3. The van der Waals surface area contributed by atoms with E-state index in [1.165, 1.54) is 16.4 Å². The molecule has 0 spiro atoms. The molecule has 0 aliphatic carbocycles. The molecule has 33 heavy (non-hydrogen) atoms. The van der Waals surface area contributed by atoms with Gasteiger partial charge >= 0.3 is 5.69 Å². The highest BCUT2D eigenvalue weighted by atomic mass is 32.2.